The number of hydrogen-bond acceptors (Lipinski definition) is 4. The largest absolute Gasteiger partial charge is 0.378 e. The molecule has 110 valence electrons. The topological polar surface area (TPSA) is 71.2 Å². The maximum Gasteiger partial charge on any atom is 0.272 e. The number of carbonyl (C=O) groups excluding carboxylic acids is 1. The Labute approximate surface area is 120 Å². The molecular formula is C15H24N4O. The molecule has 0 saturated heterocycles. The fraction of sp³-hybridized carbons (Fsp3) is 0.600. The number of nitrogens with one attached hydrogen (secondary N) is 1. The molecule has 1 fully saturated rings. The maximum atomic E-state index is 12.3. The maximum absolute atomic E-state index is 12.3. The molecule has 1 amide bonds. The number of nitrogens with two attached hydrogens (primary N) is 1. The van der Waals surface area contributed by atoms with Crippen LogP contribution in [0.25, 0.3) is 0 Å². The lowest BCUT2D eigenvalue weighted by Gasteiger charge is -2.42. The van der Waals surface area contributed by atoms with Crippen LogP contribution in [0, 0.1) is 0 Å². The van der Waals surface area contributed by atoms with E-state index in [4.69, 9.17) is 5.73 Å². The minimum atomic E-state index is -0.0194. The fourth-order valence-corrected chi connectivity index (χ4v) is 2.59. The molecule has 2 rings (SSSR count). The Morgan fingerprint density at radius 1 is 1.45 bits per heavy atom. The van der Waals surface area contributed by atoms with Crippen molar-refractivity contribution in [3.63, 3.8) is 0 Å². The van der Waals surface area contributed by atoms with E-state index in [1.54, 1.807) is 11.1 Å². The number of nitrogens with zero attached hydrogens (tertiary/aromatic N) is 2. The highest BCUT2D eigenvalue weighted by molar-refractivity contribution is 5.93. The van der Waals surface area contributed by atoms with Crippen molar-refractivity contribution in [2.75, 3.05) is 25.0 Å². The minimum absolute atomic E-state index is 0.0108. The molecule has 0 unspecified atom stereocenters. The first-order valence-electron chi connectivity index (χ1n) is 7.37. The van der Waals surface area contributed by atoms with Gasteiger partial charge in [0.1, 0.15) is 5.69 Å². The lowest BCUT2D eigenvalue weighted by molar-refractivity contribution is 0.0767. The summed E-state index contributed by atoms with van der Waals surface area (Å²) >= 11 is 0. The summed E-state index contributed by atoms with van der Waals surface area (Å²) in [6.07, 6.45) is 5.07. The molecule has 0 spiro atoms. The second-order valence-corrected chi connectivity index (χ2v) is 5.37. The number of pyridine rings is 1. The lowest BCUT2D eigenvalue weighted by Crippen LogP contribution is -2.51. The summed E-state index contributed by atoms with van der Waals surface area (Å²) in [4.78, 5) is 18.3. The molecular weight excluding hydrogens is 252 g/mol. The summed E-state index contributed by atoms with van der Waals surface area (Å²) < 4.78 is 0. The van der Waals surface area contributed by atoms with E-state index in [1.165, 1.54) is 6.42 Å². The van der Waals surface area contributed by atoms with E-state index in [2.05, 4.69) is 10.3 Å². The summed E-state index contributed by atoms with van der Waals surface area (Å²) in [5.74, 6) is -0.0194. The van der Waals surface area contributed by atoms with E-state index in [0.717, 1.165) is 18.5 Å². The summed E-state index contributed by atoms with van der Waals surface area (Å²) in [6.45, 7) is 5.96. The van der Waals surface area contributed by atoms with E-state index >= 15 is 0 Å². The van der Waals surface area contributed by atoms with Gasteiger partial charge in [0, 0.05) is 37.1 Å². The van der Waals surface area contributed by atoms with Gasteiger partial charge in [0.2, 0.25) is 0 Å². The van der Waals surface area contributed by atoms with Crippen molar-refractivity contribution in [3.8, 4) is 0 Å². The van der Waals surface area contributed by atoms with Gasteiger partial charge in [0.25, 0.3) is 5.91 Å². The number of amides is 1. The van der Waals surface area contributed by atoms with E-state index in [0.29, 0.717) is 25.3 Å². The van der Waals surface area contributed by atoms with Gasteiger partial charge in [0.05, 0.1) is 0 Å². The standard InChI is InChI=1S/C15H24N4O/c1-3-19(4-2)14(20)13-10-12(6-9-17-13)18-15(11-16)7-5-8-15/h6,9-10H,3-5,7-8,11,16H2,1-2H3,(H,17,18). The van der Waals surface area contributed by atoms with Crippen molar-refractivity contribution in [1.29, 1.82) is 0 Å². The molecule has 0 atom stereocenters. The van der Waals surface area contributed by atoms with Crippen LogP contribution in [0.4, 0.5) is 5.69 Å². The van der Waals surface area contributed by atoms with Crippen molar-refractivity contribution in [3.05, 3.63) is 24.0 Å². The molecule has 1 aromatic heterocycles. The first kappa shape index (κ1) is 14.8. The highest BCUT2D eigenvalue weighted by atomic mass is 16.2. The molecule has 20 heavy (non-hydrogen) atoms. The number of aromatic nitrogens is 1. The molecule has 1 aromatic rings. The Balaban J connectivity index is 2.13. The van der Waals surface area contributed by atoms with E-state index in [9.17, 15) is 4.79 Å². The first-order valence-corrected chi connectivity index (χ1v) is 7.37. The summed E-state index contributed by atoms with van der Waals surface area (Å²) in [7, 11) is 0. The van der Waals surface area contributed by atoms with Gasteiger partial charge in [-0.15, -0.1) is 0 Å². The van der Waals surface area contributed by atoms with E-state index < -0.39 is 0 Å². The van der Waals surface area contributed by atoms with E-state index in [-0.39, 0.29) is 11.4 Å². The zero-order chi connectivity index (χ0) is 14.6. The molecule has 1 aliphatic rings. The van der Waals surface area contributed by atoms with Crippen LogP contribution in [-0.2, 0) is 0 Å². The van der Waals surface area contributed by atoms with Gasteiger partial charge < -0.3 is 16.0 Å². The summed E-state index contributed by atoms with van der Waals surface area (Å²) in [6, 6.07) is 3.73. The van der Waals surface area contributed by atoms with Crippen molar-refractivity contribution in [1.82, 2.24) is 9.88 Å². The zero-order valence-corrected chi connectivity index (χ0v) is 12.4. The van der Waals surface area contributed by atoms with Crippen molar-refractivity contribution in [2.24, 2.45) is 5.73 Å². The second kappa shape index (κ2) is 6.22. The highest BCUT2D eigenvalue weighted by Crippen LogP contribution is 2.34. The third-order valence-electron chi connectivity index (χ3n) is 4.14. The van der Waals surface area contributed by atoms with Gasteiger partial charge in [-0.1, -0.05) is 0 Å². The minimum Gasteiger partial charge on any atom is -0.378 e. The van der Waals surface area contributed by atoms with Crippen molar-refractivity contribution >= 4 is 11.6 Å². The lowest BCUT2D eigenvalue weighted by atomic mass is 9.76. The van der Waals surface area contributed by atoms with E-state index in [1.807, 2.05) is 26.0 Å². The summed E-state index contributed by atoms with van der Waals surface area (Å²) in [5, 5.41) is 3.48. The van der Waals surface area contributed by atoms with Crippen molar-refractivity contribution < 1.29 is 4.79 Å². The van der Waals surface area contributed by atoms with Gasteiger partial charge in [-0.2, -0.15) is 0 Å². The average molecular weight is 276 g/mol. The normalized spacial score (nSPS) is 16.4. The van der Waals surface area contributed by atoms with Crippen LogP contribution < -0.4 is 11.1 Å². The van der Waals surface area contributed by atoms with Crippen LogP contribution in [-0.4, -0.2) is 41.0 Å². The van der Waals surface area contributed by atoms with Crippen LogP contribution in [0.1, 0.15) is 43.6 Å². The molecule has 5 heteroatoms. The van der Waals surface area contributed by atoms with Gasteiger partial charge in [-0.3, -0.25) is 9.78 Å². The molecule has 1 saturated carbocycles. The van der Waals surface area contributed by atoms with Crippen LogP contribution >= 0.6 is 0 Å². The predicted molar refractivity (Wildman–Crippen MR) is 80.7 cm³/mol. The number of hydrogen-bond donors (Lipinski definition) is 2. The smallest absolute Gasteiger partial charge is 0.272 e. The molecule has 5 nitrogen and oxygen atoms in total. The predicted octanol–water partition coefficient (Wildman–Crippen LogP) is 1.86. The highest BCUT2D eigenvalue weighted by Gasteiger charge is 2.35. The van der Waals surface area contributed by atoms with Gasteiger partial charge in [0.15, 0.2) is 0 Å². The monoisotopic (exact) mass is 276 g/mol. The molecule has 0 aromatic carbocycles. The Hall–Kier alpha value is -1.62. The van der Waals surface area contributed by atoms with Gasteiger partial charge >= 0.3 is 0 Å². The third-order valence-corrected chi connectivity index (χ3v) is 4.14. The fourth-order valence-electron chi connectivity index (χ4n) is 2.59. The Kier molecular flexibility index (Phi) is 4.60. The number of carbonyl (C=O) groups is 1. The Morgan fingerprint density at radius 3 is 2.65 bits per heavy atom. The Morgan fingerprint density at radius 2 is 2.15 bits per heavy atom. The summed E-state index contributed by atoms with van der Waals surface area (Å²) in [5.41, 5.74) is 7.29. The molecule has 1 aliphatic carbocycles. The van der Waals surface area contributed by atoms with Crippen LogP contribution in [0.5, 0.6) is 0 Å². The van der Waals surface area contributed by atoms with Crippen molar-refractivity contribution in [2.45, 2.75) is 38.6 Å². The van der Waals surface area contributed by atoms with Crippen LogP contribution in [0.15, 0.2) is 18.3 Å². The number of rotatable bonds is 6. The second-order valence-electron chi connectivity index (χ2n) is 5.37. The molecule has 0 aliphatic heterocycles. The Bertz CT molecular complexity index is 461. The number of anilines is 1. The quantitative estimate of drug-likeness (QED) is 0.832. The van der Waals surface area contributed by atoms with Gasteiger partial charge in [-0.05, 0) is 45.2 Å². The van der Waals surface area contributed by atoms with Crippen LogP contribution in [0.2, 0.25) is 0 Å². The van der Waals surface area contributed by atoms with Crippen LogP contribution in [0.3, 0.4) is 0 Å². The zero-order valence-electron chi connectivity index (χ0n) is 12.4. The molecule has 0 radical (unpaired) electrons. The first-order chi connectivity index (χ1) is 9.64. The third kappa shape index (κ3) is 2.93. The SMILES string of the molecule is CCN(CC)C(=O)c1cc(NC2(CN)CCC2)ccn1. The van der Waals surface area contributed by atoms with Gasteiger partial charge in [-0.25, -0.2) is 0 Å². The molecule has 3 N–H and O–H groups in total. The average Bonchev–Trinajstić information content (AvgIpc) is 2.44. The molecule has 0 bridgehead atoms. The molecule has 1 heterocycles.